The van der Waals surface area contributed by atoms with Gasteiger partial charge in [0.2, 0.25) is 0 Å². The van der Waals surface area contributed by atoms with Gasteiger partial charge in [-0.3, -0.25) is 5.32 Å². The van der Waals surface area contributed by atoms with Crippen molar-refractivity contribution in [3.8, 4) is 21.7 Å². The molecule has 1 heterocycles. The number of amides is 2. The van der Waals surface area contributed by atoms with Gasteiger partial charge in [-0.2, -0.15) is 0 Å². The van der Waals surface area contributed by atoms with Crippen LogP contribution in [0.15, 0.2) is 66.7 Å². The highest BCUT2D eigenvalue weighted by molar-refractivity contribution is 7.19. The third kappa shape index (κ3) is 5.27. The maximum absolute atomic E-state index is 12.9. The Balaban J connectivity index is 1.66. The number of urea groups is 1. The van der Waals surface area contributed by atoms with Gasteiger partial charge in [-0.1, -0.05) is 96.9 Å². The van der Waals surface area contributed by atoms with Crippen molar-refractivity contribution in [1.29, 1.82) is 0 Å². The van der Waals surface area contributed by atoms with Gasteiger partial charge in [0.25, 0.3) is 0 Å². The summed E-state index contributed by atoms with van der Waals surface area (Å²) in [6, 6.07) is 21.8. The number of rotatable bonds is 6. The van der Waals surface area contributed by atoms with Crippen LogP contribution in [-0.2, 0) is 12.8 Å². The van der Waals surface area contributed by atoms with E-state index in [9.17, 15) is 4.79 Å². The van der Waals surface area contributed by atoms with E-state index in [-0.39, 0.29) is 6.03 Å². The second-order valence-electron chi connectivity index (χ2n) is 7.81. The summed E-state index contributed by atoms with van der Waals surface area (Å²) in [5.74, 6) is 0. The molecule has 0 spiro atoms. The molecule has 1 aromatic heterocycles. The molecule has 0 unspecified atom stereocenters. The number of para-hydroxylation sites is 1. The van der Waals surface area contributed by atoms with Crippen LogP contribution < -0.4 is 10.6 Å². The van der Waals surface area contributed by atoms with Crippen LogP contribution in [0.3, 0.4) is 0 Å². The number of hydrogen-bond donors (Lipinski definition) is 2. The standard InChI is InChI=1S/C27H26ClN3OS/c1-4-18-7-6-8-19(5-2)23(18)29-26(32)31-27-30-24(20-11-9-17(3)10-12-20)25(33-27)21-13-15-22(28)16-14-21/h6-16H,4-5H2,1-3H3,(H2,29,30,31,32). The number of nitrogens with one attached hydrogen (secondary N) is 2. The normalized spacial score (nSPS) is 10.8. The predicted molar refractivity (Wildman–Crippen MR) is 141 cm³/mol. The van der Waals surface area contributed by atoms with Crippen molar-refractivity contribution in [2.24, 2.45) is 0 Å². The molecule has 6 heteroatoms. The van der Waals surface area contributed by atoms with Gasteiger partial charge in [0.05, 0.1) is 10.6 Å². The van der Waals surface area contributed by atoms with Crippen molar-refractivity contribution < 1.29 is 4.79 Å². The highest BCUT2D eigenvalue weighted by Gasteiger charge is 2.17. The lowest BCUT2D eigenvalue weighted by atomic mass is 10.0. The topological polar surface area (TPSA) is 54.0 Å². The van der Waals surface area contributed by atoms with E-state index in [0.717, 1.165) is 51.4 Å². The summed E-state index contributed by atoms with van der Waals surface area (Å²) in [7, 11) is 0. The number of aryl methyl sites for hydroxylation is 3. The van der Waals surface area contributed by atoms with E-state index in [0.29, 0.717) is 10.2 Å². The average Bonchev–Trinajstić information content (AvgIpc) is 3.23. The molecule has 4 nitrogen and oxygen atoms in total. The van der Waals surface area contributed by atoms with Gasteiger partial charge in [-0.25, -0.2) is 9.78 Å². The maximum Gasteiger partial charge on any atom is 0.325 e. The van der Waals surface area contributed by atoms with E-state index in [1.165, 1.54) is 16.9 Å². The number of thiazole rings is 1. The molecule has 0 bridgehead atoms. The van der Waals surface area contributed by atoms with Crippen molar-refractivity contribution in [2.45, 2.75) is 33.6 Å². The third-order valence-electron chi connectivity index (χ3n) is 5.52. The second-order valence-corrected chi connectivity index (χ2v) is 9.24. The SMILES string of the molecule is CCc1cccc(CC)c1NC(=O)Nc1nc(-c2ccc(C)cc2)c(-c2ccc(Cl)cc2)s1. The van der Waals surface area contributed by atoms with Crippen LogP contribution in [0.1, 0.15) is 30.5 Å². The Morgan fingerprint density at radius 2 is 1.48 bits per heavy atom. The first-order chi connectivity index (χ1) is 16.0. The van der Waals surface area contributed by atoms with Gasteiger partial charge < -0.3 is 5.32 Å². The zero-order valence-corrected chi connectivity index (χ0v) is 20.5. The summed E-state index contributed by atoms with van der Waals surface area (Å²) in [5.41, 5.74) is 7.14. The fraction of sp³-hybridized carbons (Fsp3) is 0.185. The average molecular weight is 476 g/mol. The Kier molecular flexibility index (Phi) is 7.11. The van der Waals surface area contributed by atoms with Crippen molar-refractivity contribution in [1.82, 2.24) is 4.98 Å². The highest BCUT2D eigenvalue weighted by atomic mass is 35.5. The van der Waals surface area contributed by atoms with Crippen molar-refractivity contribution >= 4 is 39.8 Å². The van der Waals surface area contributed by atoms with E-state index < -0.39 is 0 Å². The lowest BCUT2D eigenvalue weighted by Crippen LogP contribution is -2.21. The smallest absolute Gasteiger partial charge is 0.307 e. The Morgan fingerprint density at radius 1 is 0.879 bits per heavy atom. The zero-order chi connectivity index (χ0) is 23.4. The van der Waals surface area contributed by atoms with Crippen LogP contribution in [0, 0.1) is 6.92 Å². The lowest BCUT2D eigenvalue weighted by molar-refractivity contribution is 0.262. The maximum atomic E-state index is 12.9. The molecular weight excluding hydrogens is 450 g/mol. The van der Waals surface area contributed by atoms with Crippen LogP contribution in [0.4, 0.5) is 15.6 Å². The number of hydrogen-bond acceptors (Lipinski definition) is 3. The molecule has 33 heavy (non-hydrogen) atoms. The first kappa shape index (κ1) is 23.0. The number of nitrogens with zero attached hydrogens (tertiary/aromatic N) is 1. The van der Waals surface area contributed by atoms with Crippen LogP contribution in [0.2, 0.25) is 5.02 Å². The number of halogens is 1. The first-order valence-electron chi connectivity index (χ1n) is 11.0. The minimum atomic E-state index is -0.294. The van der Waals surface area contributed by atoms with E-state index in [2.05, 4.69) is 55.7 Å². The predicted octanol–water partition coefficient (Wildman–Crippen LogP) is 8.21. The van der Waals surface area contributed by atoms with Gasteiger partial charge in [0.15, 0.2) is 5.13 Å². The molecule has 0 aliphatic rings. The van der Waals surface area contributed by atoms with Gasteiger partial charge in [0.1, 0.15) is 0 Å². The fourth-order valence-electron chi connectivity index (χ4n) is 3.72. The molecule has 3 aromatic carbocycles. The van der Waals surface area contributed by atoms with Crippen LogP contribution in [-0.4, -0.2) is 11.0 Å². The summed E-state index contributed by atoms with van der Waals surface area (Å²) in [5, 5.41) is 7.22. The van der Waals surface area contributed by atoms with Crippen LogP contribution in [0.5, 0.6) is 0 Å². The zero-order valence-electron chi connectivity index (χ0n) is 18.9. The number of carbonyl (C=O) groups excluding carboxylic acids is 1. The Hall–Kier alpha value is -3.15. The molecule has 2 amide bonds. The minimum Gasteiger partial charge on any atom is -0.307 e. The Labute approximate surface area is 203 Å². The van der Waals surface area contributed by atoms with Gasteiger partial charge in [-0.15, -0.1) is 0 Å². The first-order valence-corrected chi connectivity index (χ1v) is 12.2. The number of aromatic nitrogens is 1. The summed E-state index contributed by atoms with van der Waals surface area (Å²) in [6.45, 7) is 6.23. The molecule has 0 aliphatic carbocycles. The van der Waals surface area contributed by atoms with Gasteiger partial charge >= 0.3 is 6.03 Å². The lowest BCUT2D eigenvalue weighted by Gasteiger charge is -2.14. The van der Waals surface area contributed by atoms with E-state index in [4.69, 9.17) is 16.6 Å². The number of anilines is 2. The highest BCUT2D eigenvalue weighted by Crippen LogP contribution is 2.39. The molecule has 0 fully saturated rings. The van der Waals surface area contributed by atoms with Crippen LogP contribution in [0.25, 0.3) is 21.7 Å². The minimum absolute atomic E-state index is 0.294. The van der Waals surface area contributed by atoms with Gasteiger partial charge in [0, 0.05) is 16.3 Å². The molecule has 2 N–H and O–H groups in total. The summed E-state index contributed by atoms with van der Waals surface area (Å²) < 4.78 is 0. The fourth-order valence-corrected chi connectivity index (χ4v) is 4.84. The quantitative estimate of drug-likeness (QED) is 0.295. The molecule has 0 atom stereocenters. The summed E-state index contributed by atoms with van der Waals surface area (Å²) in [4.78, 5) is 18.7. The molecule has 0 radical (unpaired) electrons. The number of benzene rings is 3. The van der Waals surface area contributed by atoms with Gasteiger partial charge in [-0.05, 0) is 48.6 Å². The Morgan fingerprint density at radius 3 is 2.09 bits per heavy atom. The molecule has 0 aliphatic heterocycles. The molecular formula is C27H26ClN3OS. The van der Waals surface area contributed by atoms with Crippen molar-refractivity contribution in [3.05, 3.63) is 88.4 Å². The summed E-state index contributed by atoms with van der Waals surface area (Å²) in [6.07, 6.45) is 1.69. The van der Waals surface area contributed by atoms with Crippen LogP contribution >= 0.6 is 22.9 Å². The van der Waals surface area contributed by atoms with Crippen molar-refractivity contribution in [2.75, 3.05) is 10.6 Å². The second kappa shape index (κ2) is 10.2. The largest absolute Gasteiger partial charge is 0.325 e. The third-order valence-corrected chi connectivity index (χ3v) is 6.79. The summed E-state index contributed by atoms with van der Waals surface area (Å²) >= 11 is 7.55. The molecule has 4 aromatic rings. The molecule has 0 saturated heterocycles. The monoisotopic (exact) mass is 475 g/mol. The molecule has 4 rings (SSSR count). The van der Waals surface area contributed by atoms with E-state index >= 15 is 0 Å². The number of carbonyl (C=O) groups is 1. The van der Waals surface area contributed by atoms with E-state index in [1.807, 2.05) is 42.5 Å². The van der Waals surface area contributed by atoms with E-state index in [1.54, 1.807) is 0 Å². The molecule has 0 saturated carbocycles. The molecule has 168 valence electrons. The van der Waals surface area contributed by atoms with Crippen molar-refractivity contribution in [3.63, 3.8) is 0 Å². The Bertz CT molecular complexity index is 1180.